The van der Waals surface area contributed by atoms with E-state index in [2.05, 4.69) is 4.90 Å². The first kappa shape index (κ1) is 25.2. The SMILES string of the molecule is O=C(CN(Cc1ccc(F)cc1)S(=O)(=O)c1ccccc1)N1CCN(Cc2ccc3c(c2)OCO3)CC1. The number of fused-ring (bicyclic) bond motifs is 1. The van der Waals surface area contributed by atoms with Gasteiger partial charge in [0.25, 0.3) is 0 Å². The number of halogens is 1. The molecule has 0 radical (unpaired) electrons. The van der Waals surface area contributed by atoms with Gasteiger partial charge in [0, 0.05) is 39.3 Å². The second-order valence-electron chi connectivity index (χ2n) is 9.06. The zero-order valence-corrected chi connectivity index (χ0v) is 21.1. The summed E-state index contributed by atoms with van der Waals surface area (Å²) in [5.74, 6) is 0.822. The van der Waals surface area contributed by atoms with Gasteiger partial charge in [0.05, 0.1) is 11.4 Å². The largest absolute Gasteiger partial charge is 0.454 e. The van der Waals surface area contributed by atoms with Gasteiger partial charge in [-0.25, -0.2) is 12.8 Å². The number of hydrogen-bond acceptors (Lipinski definition) is 6. The molecule has 0 N–H and O–H groups in total. The van der Waals surface area contributed by atoms with Gasteiger partial charge in [-0.05, 0) is 47.5 Å². The molecule has 0 saturated carbocycles. The number of nitrogens with zero attached hydrogens (tertiary/aromatic N) is 3. The van der Waals surface area contributed by atoms with Crippen molar-refractivity contribution in [2.45, 2.75) is 18.0 Å². The molecule has 2 heterocycles. The molecule has 0 bridgehead atoms. The highest BCUT2D eigenvalue weighted by Gasteiger charge is 2.30. The first-order chi connectivity index (χ1) is 17.9. The quantitative estimate of drug-likeness (QED) is 0.450. The maximum Gasteiger partial charge on any atom is 0.243 e. The lowest BCUT2D eigenvalue weighted by atomic mass is 10.1. The lowest BCUT2D eigenvalue weighted by Crippen LogP contribution is -2.51. The Morgan fingerprint density at radius 1 is 0.865 bits per heavy atom. The summed E-state index contributed by atoms with van der Waals surface area (Å²) >= 11 is 0. The van der Waals surface area contributed by atoms with E-state index in [9.17, 15) is 17.6 Å². The van der Waals surface area contributed by atoms with Crippen LogP contribution in [0.5, 0.6) is 11.5 Å². The molecule has 0 unspecified atom stereocenters. The van der Waals surface area contributed by atoms with Gasteiger partial charge < -0.3 is 14.4 Å². The van der Waals surface area contributed by atoms with Crippen molar-refractivity contribution >= 4 is 15.9 Å². The fourth-order valence-electron chi connectivity index (χ4n) is 4.46. The monoisotopic (exact) mass is 525 g/mol. The molecule has 3 aromatic rings. The predicted molar refractivity (Wildman–Crippen MR) is 135 cm³/mol. The average Bonchev–Trinajstić information content (AvgIpc) is 3.38. The summed E-state index contributed by atoms with van der Waals surface area (Å²) in [5, 5.41) is 0. The van der Waals surface area contributed by atoms with Crippen LogP contribution < -0.4 is 9.47 Å². The molecular formula is C27H28FN3O5S. The van der Waals surface area contributed by atoms with Crippen LogP contribution in [0.25, 0.3) is 0 Å². The van der Waals surface area contributed by atoms with Crippen LogP contribution in [-0.4, -0.2) is 67.9 Å². The van der Waals surface area contributed by atoms with Crippen LogP contribution >= 0.6 is 0 Å². The van der Waals surface area contributed by atoms with Gasteiger partial charge in [0.1, 0.15) is 5.82 Å². The molecule has 1 amide bonds. The van der Waals surface area contributed by atoms with Crippen molar-refractivity contribution in [1.29, 1.82) is 0 Å². The van der Waals surface area contributed by atoms with Crippen LogP contribution in [0.2, 0.25) is 0 Å². The fraction of sp³-hybridized carbons (Fsp3) is 0.296. The molecule has 5 rings (SSSR count). The van der Waals surface area contributed by atoms with Crippen LogP contribution in [0.1, 0.15) is 11.1 Å². The number of sulfonamides is 1. The Labute approximate surface area is 215 Å². The molecule has 2 aliphatic rings. The average molecular weight is 526 g/mol. The maximum atomic E-state index is 13.4. The summed E-state index contributed by atoms with van der Waals surface area (Å²) in [6.07, 6.45) is 0. The highest BCUT2D eigenvalue weighted by Crippen LogP contribution is 2.33. The molecule has 37 heavy (non-hydrogen) atoms. The number of piperazine rings is 1. The van der Waals surface area contributed by atoms with Crippen LogP contribution in [-0.2, 0) is 27.9 Å². The molecule has 1 saturated heterocycles. The molecule has 2 aliphatic heterocycles. The van der Waals surface area contributed by atoms with Crippen LogP contribution in [0.4, 0.5) is 4.39 Å². The van der Waals surface area contributed by atoms with Gasteiger partial charge in [-0.15, -0.1) is 0 Å². The fourth-order valence-corrected chi connectivity index (χ4v) is 5.86. The van der Waals surface area contributed by atoms with Crippen molar-refractivity contribution < 1.29 is 27.1 Å². The predicted octanol–water partition coefficient (Wildman–Crippen LogP) is 3.09. The minimum absolute atomic E-state index is 0.0344. The Morgan fingerprint density at radius 3 is 2.27 bits per heavy atom. The van der Waals surface area contributed by atoms with E-state index in [0.29, 0.717) is 31.7 Å². The first-order valence-corrected chi connectivity index (χ1v) is 13.5. The minimum Gasteiger partial charge on any atom is -0.454 e. The molecular weight excluding hydrogens is 497 g/mol. The van der Waals surface area contributed by atoms with E-state index < -0.39 is 15.8 Å². The standard InChI is InChI=1S/C27H28FN3O5S/c28-23-9-6-21(7-10-23)18-31(37(33,34)24-4-2-1-3-5-24)19-27(32)30-14-12-29(13-15-30)17-22-8-11-25-26(16-22)36-20-35-25/h1-11,16H,12-15,17-20H2. The molecule has 0 atom stereocenters. The number of rotatable bonds is 8. The minimum atomic E-state index is -3.94. The Hall–Kier alpha value is -3.47. The lowest BCUT2D eigenvalue weighted by Gasteiger charge is -2.35. The molecule has 0 spiro atoms. The van der Waals surface area contributed by atoms with Crippen molar-refractivity contribution in [3.8, 4) is 11.5 Å². The molecule has 8 nitrogen and oxygen atoms in total. The van der Waals surface area contributed by atoms with Crippen molar-refractivity contribution in [1.82, 2.24) is 14.1 Å². The van der Waals surface area contributed by atoms with Gasteiger partial charge in [-0.2, -0.15) is 4.31 Å². The van der Waals surface area contributed by atoms with Crippen LogP contribution in [0, 0.1) is 5.82 Å². The number of carbonyl (C=O) groups excluding carboxylic acids is 1. The van der Waals surface area contributed by atoms with E-state index >= 15 is 0 Å². The lowest BCUT2D eigenvalue weighted by molar-refractivity contribution is -0.133. The summed E-state index contributed by atoms with van der Waals surface area (Å²) in [4.78, 5) is 17.3. The van der Waals surface area contributed by atoms with Crippen molar-refractivity contribution in [2.24, 2.45) is 0 Å². The van der Waals surface area contributed by atoms with Gasteiger partial charge in [0.2, 0.25) is 22.7 Å². The summed E-state index contributed by atoms with van der Waals surface area (Å²) < 4.78 is 52.2. The van der Waals surface area contributed by atoms with Crippen molar-refractivity contribution in [2.75, 3.05) is 39.5 Å². The smallest absolute Gasteiger partial charge is 0.243 e. The van der Waals surface area contributed by atoms with Crippen molar-refractivity contribution in [3.63, 3.8) is 0 Å². The van der Waals surface area contributed by atoms with Gasteiger partial charge >= 0.3 is 0 Å². The number of hydrogen-bond donors (Lipinski definition) is 0. The number of ether oxygens (including phenoxy) is 2. The summed E-state index contributed by atoms with van der Waals surface area (Å²) in [7, 11) is -3.94. The van der Waals surface area contributed by atoms with E-state index in [1.54, 1.807) is 23.1 Å². The Morgan fingerprint density at radius 2 is 1.54 bits per heavy atom. The van der Waals surface area contributed by atoms with E-state index in [1.807, 2.05) is 18.2 Å². The number of carbonyl (C=O) groups is 1. The second kappa shape index (κ2) is 10.9. The maximum absolute atomic E-state index is 13.4. The van der Waals surface area contributed by atoms with E-state index in [4.69, 9.17) is 9.47 Å². The van der Waals surface area contributed by atoms with Gasteiger partial charge in [-0.3, -0.25) is 9.69 Å². The third-order valence-corrected chi connectivity index (χ3v) is 8.34. The van der Waals surface area contributed by atoms with Crippen LogP contribution in [0.15, 0.2) is 77.7 Å². The Kier molecular flexibility index (Phi) is 7.40. The highest BCUT2D eigenvalue weighted by molar-refractivity contribution is 7.89. The van der Waals surface area contributed by atoms with Crippen LogP contribution in [0.3, 0.4) is 0 Å². The highest BCUT2D eigenvalue weighted by atomic mass is 32.2. The zero-order valence-electron chi connectivity index (χ0n) is 20.3. The molecule has 1 fully saturated rings. The molecule has 0 aliphatic carbocycles. The summed E-state index contributed by atoms with van der Waals surface area (Å²) in [6.45, 7) is 2.96. The van der Waals surface area contributed by atoms with Gasteiger partial charge in [-0.1, -0.05) is 36.4 Å². The van der Waals surface area contributed by atoms with Crippen molar-refractivity contribution in [3.05, 3.63) is 89.7 Å². The number of amides is 1. The van der Waals surface area contributed by atoms with E-state index in [-0.39, 0.29) is 30.7 Å². The molecule has 3 aromatic carbocycles. The first-order valence-electron chi connectivity index (χ1n) is 12.1. The summed E-state index contributed by atoms with van der Waals surface area (Å²) in [5.41, 5.74) is 1.70. The second-order valence-corrected chi connectivity index (χ2v) is 11.0. The van der Waals surface area contributed by atoms with Gasteiger partial charge in [0.15, 0.2) is 11.5 Å². The topological polar surface area (TPSA) is 79.4 Å². The molecule has 194 valence electrons. The normalized spacial score (nSPS) is 15.8. The third-order valence-electron chi connectivity index (χ3n) is 6.53. The molecule has 0 aromatic heterocycles. The Bertz CT molecular complexity index is 1340. The third kappa shape index (κ3) is 5.93. The zero-order chi connectivity index (χ0) is 25.8. The Balaban J connectivity index is 1.24. The summed E-state index contributed by atoms with van der Waals surface area (Å²) in [6, 6.07) is 19.5. The molecule has 10 heteroatoms. The van der Waals surface area contributed by atoms with E-state index in [1.165, 1.54) is 36.4 Å². The number of benzene rings is 3. The van der Waals surface area contributed by atoms with E-state index in [0.717, 1.165) is 27.9 Å².